The highest BCUT2D eigenvalue weighted by Crippen LogP contribution is 2.15. The molecule has 3 N–H and O–H groups in total. The molecule has 0 aliphatic carbocycles. The van der Waals surface area contributed by atoms with Crippen LogP contribution in [0.3, 0.4) is 0 Å². The van der Waals surface area contributed by atoms with Gasteiger partial charge in [0, 0.05) is 13.2 Å². The molecule has 0 spiro atoms. The third-order valence-corrected chi connectivity index (χ3v) is 2.78. The van der Waals surface area contributed by atoms with Gasteiger partial charge in [-0.15, -0.1) is 0 Å². The molecule has 0 heterocycles. The van der Waals surface area contributed by atoms with Gasteiger partial charge in [0.1, 0.15) is 0 Å². The fourth-order valence-corrected chi connectivity index (χ4v) is 1.63. The normalized spacial score (nSPS) is 14.5. The average Bonchev–Trinajstić information content (AvgIpc) is 2.33. The van der Waals surface area contributed by atoms with E-state index < -0.39 is 17.7 Å². The molecule has 1 rings (SSSR count). The van der Waals surface area contributed by atoms with Gasteiger partial charge >= 0.3 is 0 Å². The van der Waals surface area contributed by atoms with Crippen LogP contribution in [0.2, 0.25) is 0 Å². The molecule has 0 fully saturated rings. The van der Waals surface area contributed by atoms with E-state index in [9.17, 15) is 13.9 Å². The molecule has 0 bridgehead atoms. The van der Waals surface area contributed by atoms with Crippen LogP contribution in [0, 0.1) is 17.6 Å². The molecule has 0 aliphatic rings. The van der Waals surface area contributed by atoms with Crippen molar-refractivity contribution in [2.45, 2.75) is 19.4 Å². The predicted molar refractivity (Wildman–Crippen MR) is 65.1 cm³/mol. The van der Waals surface area contributed by atoms with E-state index in [1.165, 1.54) is 6.07 Å². The van der Waals surface area contributed by atoms with Crippen molar-refractivity contribution < 1.29 is 19.0 Å². The van der Waals surface area contributed by atoms with Gasteiger partial charge in [-0.25, -0.2) is 8.78 Å². The summed E-state index contributed by atoms with van der Waals surface area (Å²) >= 11 is 0. The Bertz CT molecular complexity index is 374. The molecule has 2 unspecified atom stereocenters. The van der Waals surface area contributed by atoms with Crippen LogP contribution in [-0.4, -0.2) is 29.9 Å². The van der Waals surface area contributed by atoms with Gasteiger partial charge in [-0.05, 0) is 36.6 Å². The second-order valence-electron chi connectivity index (χ2n) is 4.47. The molecule has 0 amide bonds. The number of aliphatic hydroxyl groups excluding tert-OH is 2. The zero-order chi connectivity index (χ0) is 13.5. The van der Waals surface area contributed by atoms with E-state index in [0.717, 1.165) is 12.1 Å². The van der Waals surface area contributed by atoms with E-state index in [1.54, 1.807) is 0 Å². The first-order valence-electron chi connectivity index (χ1n) is 5.99. The molecule has 102 valence electrons. The van der Waals surface area contributed by atoms with E-state index in [-0.39, 0.29) is 13.2 Å². The number of hydrogen-bond donors (Lipinski definition) is 3. The fraction of sp³-hybridized carbons (Fsp3) is 0.538. The van der Waals surface area contributed by atoms with E-state index in [0.29, 0.717) is 24.4 Å². The van der Waals surface area contributed by atoms with Gasteiger partial charge in [0.15, 0.2) is 11.6 Å². The first-order chi connectivity index (χ1) is 8.54. The molecule has 0 aromatic heterocycles. The van der Waals surface area contributed by atoms with Crippen LogP contribution < -0.4 is 5.32 Å². The van der Waals surface area contributed by atoms with Crippen molar-refractivity contribution in [3.05, 3.63) is 35.4 Å². The summed E-state index contributed by atoms with van der Waals surface area (Å²) in [5, 5.41) is 21.5. The second-order valence-corrected chi connectivity index (χ2v) is 4.47. The summed E-state index contributed by atoms with van der Waals surface area (Å²) < 4.78 is 25.7. The molecule has 1 aromatic rings. The van der Waals surface area contributed by atoms with Crippen LogP contribution in [0.1, 0.15) is 25.0 Å². The maximum atomic E-state index is 13.0. The highest BCUT2D eigenvalue weighted by atomic mass is 19.2. The summed E-state index contributed by atoms with van der Waals surface area (Å²) in [5.74, 6) is -1.58. The van der Waals surface area contributed by atoms with Gasteiger partial charge in [0.25, 0.3) is 0 Å². The van der Waals surface area contributed by atoms with E-state index in [2.05, 4.69) is 5.32 Å². The zero-order valence-electron chi connectivity index (χ0n) is 10.4. The summed E-state index contributed by atoms with van der Waals surface area (Å²) in [6, 6.07) is 3.36. The lowest BCUT2D eigenvalue weighted by Crippen LogP contribution is -2.26. The molecule has 2 atom stereocenters. The lowest BCUT2D eigenvalue weighted by atomic mass is 10.1. The van der Waals surface area contributed by atoms with Crippen LogP contribution in [0.4, 0.5) is 8.78 Å². The number of hydrogen-bond acceptors (Lipinski definition) is 3. The van der Waals surface area contributed by atoms with Gasteiger partial charge < -0.3 is 15.5 Å². The molecular weight excluding hydrogens is 240 g/mol. The molecule has 1 aromatic carbocycles. The van der Waals surface area contributed by atoms with Crippen molar-refractivity contribution in [1.82, 2.24) is 5.32 Å². The summed E-state index contributed by atoms with van der Waals surface area (Å²) in [7, 11) is 0. The summed E-state index contributed by atoms with van der Waals surface area (Å²) in [5.41, 5.74) is 0.344. The van der Waals surface area contributed by atoms with Crippen molar-refractivity contribution in [2.24, 2.45) is 5.92 Å². The highest BCUT2D eigenvalue weighted by molar-refractivity contribution is 5.20. The van der Waals surface area contributed by atoms with E-state index >= 15 is 0 Å². The minimum atomic E-state index is -0.958. The largest absolute Gasteiger partial charge is 0.396 e. The number of nitrogens with one attached hydrogen (secondary N) is 1. The van der Waals surface area contributed by atoms with Gasteiger partial charge in [-0.3, -0.25) is 0 Å². The van der Waals surface area contributed by atoms with E-state index in [4.69, 9.17) is 5.11 Å². The number of aliphatic hydroxyl groups is 2. The molecule has 0 radical (unpaired) electrons. The SMILES string of the molecule is CC(CCO)CNCC(O)c1ccc(F)c(F)c1. The molecular formula is C13H19F2NO2. The Morgan fingerprint density at radius 2 is 1.94 bits per heavy atom. The Kier molecular flexibility index (Phi) is 6.18. The predicted octanol–water partition coefficient (Wildman–Crippen LogP) is 1.61. The molecule has 18 heavy (non-hydrogen) atoms. The standard InChI is InChI=1S/C13H19F2NO2/c1-9(4-5-17)7-16-8-13(18)10-2-3-11(14)12(15)6-10/h2-3,6,9,13,16-18H,4-5,7-8H2,1H3. The van der Waals surface area contributed by atoms with Crippen LogP contribution in [-0.2, 0) is 0 Å². The minimum absolute atomic E-state index is 0.134. The summed E-state index contributed by atoms with van der Waals surface area (Å²) in [6.45, 7) is 3.03. The number of halogens is 2. The third-order valence-electron chi connectivity index (χ3n) is 2.78. The smallest absolute Gasteiger partial charge is 0.159 e. The van der Waals surface area contributed by atoms with Gasteiger partial charge in [0.2, 0.25) is 0 Å². The van der Waals surface area contributed by atoms with Crippen molar-refractivity contribution >= 4 is 0 Å². The van der Waals surface area contributed by atoms with Crippen molar-refractivity contribution in [3.63, 3.8) is 0 Å². The topological polar surface area (TPSA) is 52.5 Å². The number of rotatable bonds is 7. The lowest BCUT2D eigenvalue weighted by molar-refractivity contribution is 0.171. The maximum Gasteiger partial charge on any atom is 0.159 e. The van der Waals surface area contributed by atoms with Gasteiger partial charge in [-0.2, -0.15) is 0 Å². The zero-order valence-corrected chi connectivity index (χ0v) is 10.4. The van der Waals surface area contributed by atoms with Crippen LogP contribution in [0.5, 0.6) is 0 Å². The van der Waals surface area contributed by atoms with Crippen LogP contribution >= 0.6 is 0 Å². The minimum Gasteiger partial charge on any atom is -0.396 e. The Labute approximate surface area is 105 Å². The van der Waals surface area contributed by atoms with Crippen molar-refractivity contribution in [1.29, 1.82) is 0 Å². The molecule has 0 saturated carbocycles. The second kappa shape index (κ2) is 7.41. The maximum absolute atomic E-state index is 13.0. The first-order valence-corrected chi connectivity index (χ1v) is 5.99. The highest BCUT2D eigenvalue weighted by Gasteiger charge is 2.11. The Hall–Kier alpha value is -1.04. The third kappa shape index (κ3) is 4.68. The monoisotopic (exact) mass is 259 g/mol. The Balaban J connectivity index is 2.40. The summed E-state index contributed by atoms with van der Waals surface area (Å²) in [4.78, 5) is 0. The molecule has 5 heteroatoms. The quantitative estimate of drug-likeness (QED) is 0.697. The number of benzene rings is 1. The summed E-state index contributed by atoms with van der Waals surface area (Å²) in [6.07, 6.45) is -0.185. The van der Waals surface area contributed by atoms with Gasteiger partial charge in [-0.1, -0.05) is 13.0 Å². The average molecular weight is 259 g/mol. The molecule has 0 aliphatic heterocycles. The van der Waals surface area contributed by atoms with Crippen LogP contribution in [0.15, 0.2) is 18.2 Å². The first kappa shape index (κ1) is 15.0. The Morgan fingerprint density at radius 3 is 2.56 bits per heavy atom. The molecule has 3 nitrogen and oxygen atoms in total. The van der Waals surface area contributed by atoms with Gasteiger partial charge in [0.05, 0.1) is 6.10 Å². The van der Waals surface area contributed by atoms with Crippen LogP contribution in [0.25, 0.3) is 0 Å². The van der Waals surface area contributed by atoms with Crippen molar-refractivity contribution in [2.75, 3.05) is 19.7 Å². The lowest BCUT2D eigenvalue weighted by Gasteiger charge is -2.15. The molecule has 0 saturated heterocycles. The van der Waals surface area contributed by atoms with Crippen molar-refractivity contribution in [3.8, 4) is 0 Å². The van der Waals surface area contributed by atoms with E-state index in [1.807, 2.05) is 6.92 Å². The Morgan fingerprint density at radius 1 is 1.22 bits per heavy atom. The fourth-order valence-electron chi connectivity index (χ4n) is 1.63.